The highest BCUT2D eigenvalue weighted by molar-refractivity contribution is 6.05. The summed E-state index contributed by atoms with van der Waals surface area (Å²) in [5, 5.41) is 2.36. The Balaban J connectivity index is 1.07. The SMILES string of the molecule is O=C1CCC(N2Cc3cc(N4CC5(CCN(Cc6ccncn6)CC5)C4)ccc3C2=O)C(=O)N1. The molecule has 4 aliphatic rings. The van der Waals surface area contributed by atoms with Crippen LogP contribution in [-0.2, 0) is 22.7 Å². The molecule has 3 fully saturated rings. The number of likely N-dealkylation sites (tertiary alicyclic amines) is 1. The molecule has 1 N–H and O–H groups in total. The predicted octanol–water partition coefficient (Wildman–Crippen LogP) is 1.34. The molecule has 1 atom stereocenters. The van der Waals surface area contributed by atoms with Crippen molar-refractivity contribution in [1.29, 1.82) is 0 Å². The lowest BCUT2D eigenvalue weighted by Crippen LogP contribution is -2.60. The van der Waals surface area contributed by atoms with Gasteiger partial charge in [0.25, 0.3) is 5.91 Å². The molecule has 3 saturated heterocycles. The van der Waals surface area contributed by atoms with Crippen LogP contribution in [0.1, 0.15) is 47.3 Å². The average Bonchev–Trinajstić information content (AvgIpc) is 3.14. The summed E-state index contributed by atoms with van der Waals surface area (Å²) in [6.45, 7) is 5.54. The van der Waals surface area contributed by atoms with E-state index in [9.17, 15) is 14.4 Å². The number of benzene rings is 1. The van der Waals surface area contributed by atoms with Crippen molar-refractivity contribution in [2.75, 3.05) is 31.1 Å². The van der Waals surface area contributed by atoms with Crippen LogP contribution in [0.4, 0.5) is 5.69 Å². The van der Waals surface area contributed by atoms with Crippen LogP contribution in [0.5, 0.6) is 0 Å². The lowest BCUT2D eigenvalue weighted by atomic mass is 9.71. The highest BCUT2D eigenvalue weighted by Gasteiger charge is 2.45. The Morgan fingerprint density at radius 2 is 1.91 bits per heavy atom. The number of amides is 3. The average molecular weight is 461 g/mol. The van der Waals surface area contributed by atoms with E-state index in [2.05, 4.69) is 31.2 Å². The zero-order chi connectivity index (χ0) is 23.3. The molecule has 34 heavy (non-hydrogen) atoms. The van der Waals surface area contributed by atoms with Crippen LogP contribution in [0.15, 0.2) is 36.8 Å². The lowest BCUT2D eigenvalue weighted by molar-refractivity contribution is -0.136. The molecule has 9 heteroatoms. The number of fused-ring (bicyclic) bond motifs is 1. The molecule has 6 rings (SSSR count). The van der Waals surface area contributed by atoms with Crippen molar-refractivity contribution in [3.8, 4) is 0 Å². The number of aromatic nitrogens is 2. The molecule has 3 amide bonds. The first-order valence-electron chi connectivity index (χ1n) is 12.0. The molecule has 0 bridgehead atoms. The van der Waals surface area contributed by atoms with Gasteiger partial charge in [-0.25, -0.2) is 9.97 Å². The van der Waals surface area contributed by atoms with Crippen LogP contribution in [0.3, 0.4) is 0 Å². The second-order valence-corrected chi connectivity index (χ2v) is 10.1. The molecular formula is C25H28N6O3. The maximum Gasteiger partial charge on any atom is 0.255 e. The minimum atomic E-state index is -0.569. The number of imide groups is 1. The van der Waals surface area contributed by atoms with Crippen LogP contribution >= 0.6 is 0 Å². The molecule has 9 nitrogen and oxygen atoms in total. The van der Waals surface area contributed by atoms with Crippen LogP contribution in [0, 0.1) is 5.41 Å². The Morgan fingerprint density at radius 3 is 2.65 bits per heavy atom. The molecule has 1 unspecified atom stereocenters. The number of nitrogens with one attached hydrogen (secondary N) is 1. The van der Waals surface area contributed by atoms with Gasteiger partial charge in [0.1, 0.15) is 12.4 Å². The van der Waals surface area contributed by atoms with Crippen LogP contribution < -0.4 is 10.2 Å². The Kier molecular flexibility index (Phi) is 5.09. The molecule has 5 heterocycles. The molecule has 4 aliphatic heterocycles. The molecule has 0 saturated carbocycles. The Morgan fingerprint density at radius 1 is 1.09 bits per heavy atom. The first kappa shape index (κ1) is 21.2. The number of hydrogen-bond donors (Lipinski definition) is 1. The van der Waals surface area contributed by atoms with E-state index in [1.165, 1.54) is 12.8 Å². The van der Waals surface area contributed by atoms with Gasteiger partial charge in [0.05, 0.1) is 5.69 Å². The zero-order valence-electron chi connectivity index (χ0n) is 19.1. The third-order valence-electron chi connectivity index (χ3n) is 7.87. The fourth-order valence-corrected chi connectivity index (χ4v) is 5.85. The summed E-state index contributed by atoms with van der Waals surface area (Å²) in [6.07, 6.45) is 6.43. The van der Waals surface area contributed by atoms with Crippen molar-refractivity contribution in [3.05, 3.63) is 53.6 Å². The number of hydrogen-bond acceptors (Lipinski definition) is 7. The van der Waals surface area contributed by atoms with Crippen LogP contribution in [0.25, 0.3) is 0 Å². The monoisotopic (exact) mass is 460 g/mol. The van der Waals surface area contributed by atoms with E-state index in [-0.39, 0.29) is 24.1 Å². The molecular weight excluding hydrogens is 432 g/mol. The second-order valence-electron chi connectivity index (χ2n) is 10.1. The fourth-order valence-electron chi connectivity index (χ4n) is 5.85. The summed E-state index contributed by atoms with van der Waals surface area (Å²) in [5.74, 6) is -0.750. The Hall–Kier alpha value is -3.33. The van der Waals surface area contributed by atoms with Crippen molar-refractivity contribution in [1.82, 2.24) is 25.1 Å². The number of carbonyl (C=O) groups excluding carboxylic acids is 3. The lowest BCUT2D eigenvalue weighted by Gasteiger charge is -2.55. The normalized spacial score (nSPS) is 24.2. The first-order valence-corrected chi connectivity index (χ1v) is 12.0. The van der Waals surface area contributed by atoms with Gasteiger partial charge < -0.3 is 9.80 Å². The molecule has 176 valence electrons. The second kappa shape index (κ2) is 8.16. The third-order valence-corrected chi connectivity index (χ3v) is 7.87. The summed E-state index contributed by atoms with van der Waals surface area (Å²) >= 11 is 0. The van der Waals surface area contributed by atoms with Crippen LogP contribution in [0.2, 0.25) is 0 Å². The van der Waals surface area contributed by atoms with Gasteiger partial charge in [-0.2, -0.15) is 0 Å². The topological polar surface area (TPSA) is 98.7 Å². The van der Waals surface area contributed by atoms with Crippen molar-refractivity contribution < 1.29 is 14.4 Å². The fraction of sp³-hybridized carbons (Fsp3) is 0.480. The van der Waals surface area contributed by atoms with E-state index < -0.39 is 6.04 Å². The minimum absolute atomic E-state index is 0.118. The summed E-state index contributed by atoms with van der Waals surface area (Å²) in [5.41, 5.74) is 4.22. The molecule has 0 radical (unpaired) electrons. The van der Waals surface area contributed by atoms with Gasteiger partial charge >= 0.3 is 0 Å². The van der Waals surface area contributed by atoms with E-state index in [4.69, 9.17) is 0 Å². The van der Waals surface area contributed by atoms with Gasteiger partial charge in [-0.15, -0.1) is 0 Å². The summed E-state index contributed by atoms with van der Waals surface area (Å²) in [7, 11) is 0. The van der Waals surface area contributed by atoms with Crippen LogP contribution in [-0.4, -0.2) is 69.7 Å². The maximum absolute atomic E-state index is 12.9. The van der Waals surface area contributed by atoms with Gasteiger partial charge in [0.15, 0.2) is 0 Å². The highest BCUT2D eigenvalue weighted by Crippen LogP contribution is 2.43. The van der Waals surface area contributed by atoms with E-state index in [0.29, 0.717) is 23.9 Å². The third kappa shape index (κ3) is 3.73. The number of rotatable bonds is 4. The number of anilines is 1. The molecule has 0 aliphatic carbocycles. The Labute approximate surface area is 198 Å². The Bertz CT molecular complexity index is 1140. The van der Waals surface area contributed by atoms with Gasteiger partial charge in [-0.1, -0.05) is 0 Å². The number of piperidine rings is 2. The molecule has 1 aromatic heterocycles. The molecule has 1 aromatic carbocycles. The summed E-state index contributed by atoms with van der Waals surface area (Å²) < 4.78 is 0. The van der Waals surface area contributed by atoms with E-state index in [0.717, 1.165) is 49.7 Å². The highest BCUT2D eigenvalue weighted by atomic mass is 16.2. The van der Waals surface area contributed by atoms with Crippen molar-refractivity contribution in [3.63, 3.8) is 0 Å². The zero-order valence-corrected chi connectivity index (χ0v) is 19.1. The maximum atomic E-state index is 12.9. The van der Waals surface area contributed by atoms with Gasteiger partial charge in [0.2, 0.25) is 11.8 Å². The summed E-state index contributed by atoms with van der Waals surface area (Å²) in [4.78, 5) is 51.5. The largest absolute Gasteiger partial charge is 0.370 e. The smallest absolute Gasteiger partial charge is 0.255 e. The standard InChI is InChI=1S/C25H28N6O3/c32-22-4-3-21(23(33)28-22)31-12-17-11-19(1-2-20(17)24(31)34)30-14-25(15-30)6-9-29(10-7-25)13-18-5-8-26-16-27-18/h1-2,5,8,11,16,21H,3-4,6-7,9-10,12-15H2,(H,28,32,33). The minimum Gasteiger partial charge on any atom is -0.370 e. The van der Waals surface area contributed by atoms with E-state index >= 15 is 0 Å². The predicted molar refractivity (Wildman–Crippen MR) is 124 cm³/mol. The van der Waals surface area contributed by atoms with Gasteiger partial charge in [-0.05, 0) is 62.2 Å². The summed E-state index contributed by atoms with van der Waals surface area (Å²) in [6, 6.07) is 7.45. The molecule has 1 spiro atoms. The molecule has 2 aromatic rings. The first-order chi connectivity index (χ1) is 16.5. The van der Waals surface area contributed by atoms with E-state index in [1.54, 1.807) is 17.4 Å². The van der Waals surface area contributed by atoms with Gasteiger partial charge in [0, 0.05) is 55.5 Å². The quantitative estimate of drug-likeness (QED) is 0.688. The van der Waals surface area contributed by atoms with Crippen molar-refractivity contribution in [2.24, 2.45) is 5.41 Å². The van der Waals surface area contributed by atoms with Crippen molar-refractivity contribution >= 4 is 23.4 Å². The van der Waals surface area contributed by atoms with Crippen molar-refractivity contribution in [2.45, 2.75) is 44.8 Å². The number of nitrogens with zero attached hydrogens (tertiary/aromatic N) is 5. The number of carbonyl (C=O) groups is 3. The van der Waals surface area contributed by atoms with Gasteiger partial charge in [-0.3, -0.25) is 24.6 Å². The van der Waals surface area contributed by atoms with E-state index in [1.807, 2.05) is 18.2 Å².